The third-order valence-electron chi connectivity index (χ3n) is 5.61. The number of nitrogens with one attached hydrogen (secondary N) is 1. The SMILES string of the molecule is C[C@H]1CCCC[C@H]1NC(=O)CSc1nc(N)c2c3c(sc2n1)CCCC3. The lowest BCUT2D eigenvalue weighted by molar-refractivity contribution is -0.119. The monoisotopic (exact) mass is 390 g/mol. The molecule has 1 fully saturated rings. The van der Waals surface area contributed by atoms with Gasteiger partial charge in [-0.15, -0.1) is 11.3 Å². The fraction of sp³-hybridized carbons (Fsp3) is 0.632. The van der Waals surface area contributed by atoms with Crippen molar-refractivity contribution in [1.29, 1.82) is 0 Å². The highest BCUT2D eigenvalue weighted by molar-refractivity contribution is 7.99. The van der Waals surface area contributed by atoms with Crippen LogP contribution in [0.25, 0.3) is 10.2 Å². The molecule has 5 nitrogen and oxygen atoms in total. The van der Waals surface area contributed by atoms with E-state index >= 15 is 0 Å². The number of thiophene rings is 1. The van der Waals surface area contributed by atoms with Crippen molar-refractivity contribution in [2.24, 2.45) is 5.92 Å². The highest BCUT2D eigenvalue weighted by Gasteiger charge is 2.23. The zero-order valence-electron chi connectivity index (χ0n) is 15.2. The number of aromatic nitrogens is 2. The molecule has 0 unspecified atom stereocenters. The van der Waals surface area contributed by atoms with Gasteiger partial charge in [0.25, 0.3) is 0 Å². The van der Waals surface area contributed by atoms with E-state index < -0.39 is 0 Å². The number of nitrogens with two attached hydrogens (primary N) is 1. The quantitative estimate of drug-likeness (QED) is 0.610. The fourth-order valence-electron chi connectivity index (χ4n) is 4.14. The molecule has 0 radical (unpaired) electrons. The summed E-state index contributed by atoms with van der Waals surface area (Å²) in [5.74, 6) is 1.55. The topological polar surface area (TPSA) is 80.9 Å². The predicted molar refractivity (Wildman–Crippen MR) is 109 cm³/mol. The van der Waals surface area contributed by atoms with Crippen LogP contribution in [0.3, 0.4) is 0 Å². The van der Waals surface area contributed by atoms with Gasteiger partial charge in [0.1, 0.15) is 10.6 Å². The number of fused-ring (bicyclic) bond motifs is 3. The first-order chi connectivity index (χ1) is 12.6. The van der Waals surface area contributed by atoms with E-state index in [0.29, 0.717) is 28.7 Å². The molecule has 2 heterocycles. The Kier molecular flexibility index (Phi) is 5.36. The van der Waals surface area contributed by atoms with Crippen LogP contribution in [-0.4, -0.2) is 27.7 Å². The molecule has 0 aromatic carbocycles. The van der Waals surface area contributed by atoms with Gasteiger partial charge in [-0.3, -0.25) is 4.79 Å². The summed E-state index contributed by atoms with van der Waals surface area (Å²) in [5.41, 5.74) is 7.60. The molecular formula is C19H26N4OS2. The van der Waals surface area contributed by atoms with Crippen molar-refractivity contribution in [2.75, 3.05) is 11.5 Å². The minimum atomic E-state index is 0.0708. The van der Waals surface area contributed by atoms with Crippen LogP contribution in [0.2, 0.25) is 0 Å². The number of carbonyl (C=O) groups excluding carboxylic acids is 1. The Hall–Kier alpha value is -1.34. The lowest BCUT2D eigenvalue weighted by Crippen LogP contribution is -2.41. The molecule has 3 N–H and O–H groups in total. The molecule has 0 spiro atoms. The number of rotatable bonds is 4. The zero-order chi connectivity index (χ0) is 18.1. The minimum absolute atomic E-state index is 0.0708. The summed E-state index contributed by atoms with van der Waals surface area (Å²) in [7, 11) is 0. The van der Waals surface area contributed by atoms with E-state index in [1.807, 2.05) is 0 Å². The van der Waals surface area contributed by atoms with E-state index in [1.54, 1.807) is 11.3 Å². The van der Waals surface area contributed by atoms with Crippen LogP contribution < -0.4 is 11.1 Å². The first-order valence-electron chi connectivity index (χ1n) is 9.61. The minimum Gasteiger partial charge on any atom is -0.383 e. The molecule has 2 aromatic rings. The Morgan fingerprint density at radius 2 is 2.04 bits per heavy atom. The maximum Gasteiger partial charge on any atom is 0.230 e. The van der Waals surface area contributed by atoms with Crippen LogP contribution in [0.15, 0.2) is 5.16 Å². The van der Waals surface area contributed by atoms with E-state index in [-0.39, 0.29) is 5.91 Å². The molecule has 0 bridgehead atoms. The lowest BCUT2D eigenvalue weighted by atomic mass is 9.86. The highest BCUT2D eigenvalue weighted by atomic mass is 32.2. The number of hydrogen-bond acceptors (Lipinski definition) is 6. The van der Waals surface area contributed by atoms with Crippen LogP contribution in [0, 0.1) is 5.92 Å². The lowest BCUT2D eigenvalue weighted by Gasteiger charge is -2.29. The Labute approximate surface area is 162 Å². The van der Waals surface area contributed by atoms with Crippen molar-refractivity contribution in [3.8, 4) is 0 Å². The summed E-state index contributed by atoms with van der Waals surface area (Å²) in [6.07, 6.45) is 9.45. The maximum atomic E-state index is 12.3. The highest BCUT2D eigenvalue weighted by Crippen LogP contribution is 2.38. The summed E-state index contributed by atoms with van der Waals surface area (Å²) in [6.45, 7) is 2.23. The smallest absolute Gasteiger partial charge is 0.230 e. The number of amides is 1. The van der Waals surface area contributed by atoms with Gasteiger partial charge in [-0.1, -0.05) is 31.5 Å². The summed E-state index contributed by atoms with van der Waals surface area (Å²) in [6, 6.07) is 0.314. The van der Waals surface area contributed by atoms with Crippen LogP contribution >= 0.6 is 23.1 Å². The average Bonchev–Trinajstić information content (AvgIpc) is 3.01. The van der Waals surface area contributed by atoms with E-state index in [0.717, 1.165) is 29.5 Å². The number of hydrogen-bond donors (Lipinski definition) is 2. The second kappa shape index (κ2) is 7.72. The number of nitrogens with zero attached hydrogens (tertiary/aromatic N) is 2. The molecule has 0 aliphatic heterocycles. The van der Waals surface area contributed by atoms with Crippen molar-refractivity contribution in [3.05, 3.63) is 10.4 Å². The molecule has 1 amide bonds. The largest absolute Gasteiger partial charge is 0.383 e. The summed E-state index contributed by atoms with van der Waals surface area (Å²) in [4.78, 5) is 23.9. The standard InChI is InChI=1S/C19H26N4OS2/c1-11-6-2-4-8-13(11)21-15(24)10-25-19-22-17(20)16-12-7-3-5-9-14(12)26-18(16)23-19/h11,13H,2-10H2,1H3,(H,21,24)(H2,20,22,23)/t11-,13+/m0/s1. The molecule has 26 heavy (non-hydrogen) atoms. The molecule has 1 saturated carbocycles. The van der Waals surface area contributed by atoms with Crippen molar-refractivity contribution in [2.45, 2.75) is 69.5 Å². The van der Waals surface area contributed by atoms with Gasteiger partial charge in [0, 0.05) is 10.9 Å². The van der Waals surface area contributed by atoms with Gasteiger partial charge in [-0.25, -0.2) is 9.97 Å². The molecule has 140 valence electrons. The first-order valence-corrected chi connectivity index (χ1v) is 11.4. The molecule has 2 aromatic heterocycles. The van der Waals surface area contributed by atoms with E-state index in [1.165, 1.54) is 54.3 Å². The number of nitrogen functional groups attached to an aromatic ring is 1. The van der Waals surface area contributed by atoms with Crippen LogP contribution in [0.4, 0.5) is 5.82 Å². The second-order valence-corrected chi connectivity index (χ2v) is 9.53. The van der Waals surface area contributed by atoms with E-state index in [2.05, 4.69) is 22.2 Å². The Balaban J connectivity index is 1.43. The van der Waals surface area contributed by atoms with Gasteiger partial charge in [0.15, 0.2) is 5.16 Å². The Morgan fingerprint density at radius 3 is 2.88 bits per heavy atom. The van der Waals surface area contributed by atoms with Crippen molar-refractivity contribution >= 4 is 45.0 Å². The average molecular weight is 391 g/mol. The third kappa shape index (κ3) is 3.69. The molecule has 4 rings (SSSR count). The van der Waals surface area contributed by atoms with E-state index in [9.17, 15) is 4.79 Å². The predicted octanol–water partition coefficient (Wildman–Crippen LogP) is 3.94. The molecule has 7 heteroatoms. The number of thioether (sulfide) groups is 1. The summed E-state index contributed by atoms with van der Waals surface area (Å²) >= 11 is 3.13. The van der Waals surface area contributed by atoms with Gasteiger partial charge in [-0.2, -0.15) is 0 Å². The van der Waals surface area contributed by atoms with Crippen LogP contribution in [0.5, 0.6) is 0 Å². The van der Waals surface area contributed by atoms with Gasteiger partial charge >= 0.3 is 0 Å². The molecular weight excluding hydrogens is 364 g/mol. The molecule has 2 aliphatic rings. The van der Waals surface area contributed by atoms with Gasteiger partial charge < -0.3 is 11.1 Å². The van der Waals surface area contributed by atoms with Crippen molar-refractivity contribution < 1.29 is 4.79 Å². The maximum absolute atomic E-state index is 12.3. The van der Waals surface area contributed by atoms with Gasteiger partial charge in [-0.05, 0) is 50.0 Å². The molecule has 2 aliphatic carbocycles. The Morgan fingerprint density at radius 1 is 1.23 bits per heavy atom. The zero-order valence-corrected chi connectivity index (χ0v) is 16.8. The van der Waals surface area contributed by atoms with Gasteiger partial charge in [0.2, 0.25) is 5.91 Å². The first kappa shape index (κ1) is 18.0. The second-order valence-electron chi connectivity index (χ2n) is 7.51. The summed E-state index contributed by atoms with van der Waals surface area (Å²) in [5, 5.41) is 4.85. The molecule has 0 saturated heterocycles. The number of anilines is 1. The van der Waals surface area contributed by atoms with Crippen LogP contribution in [-0.2, 0) is 17.6 Å². The summed E-state index contributed by atoms with van der Waals surface area (Å²) < 4.78 is 0. The van der Waals surface area contributed by atoms with Crippen molar-refractivity contribution in [1.82, 2.24) is 15.3 Å². The molecule has 2 atom stereocenters. The Bertz CT molecular complexity index is 819. The number of aryl methyl sites for hydroxylation is 2. The normalized spacial score (nSPS) is 23.0. The fourth-order valence-corrected chi connectivity index (χ4v) is 6.13. The van der Waals surface area contributed by atoms with Gasteiger partial charge in [0.05, 0.1) is 11.1 Å². The van der Waals surface area contributed by atoms with E-state index in [4.69, 9.17) is 5.73 Å². The third-order valence-corrected chi connectivity index (χ3v) is 7.65. The van der Waals surface area contributed by atoms with Crippen LogP contribution in [0.1, 0.15) is 55.9 Å². The number of carbonyl (C=O) groups is 1. The van der Waals surface area contributed by atoms with Crippen molar-refractivity contribution in [3.63, 3.8) is 0 Å².